The second-order valence-electron chi connectivity index (χ2n) is 1.93. The molecule has 0 saturated carbocycles. The van der Waals surface area contributed by atoms with Crippen LogP contribution in [-0.2, 0) is 10.4 Å². The van der Waals surface area contributed by atoms with Crippen LogP contribution in [0.1, 0.15) is 5.48 Å². The zero-order valence-electron chi connectivity index (χ0n) is 11.3. The van der Waals surface area contributed by atoms with E-state index >= 15 is 0 Å². The maximum atomic E-state index is 10.5. The van der Waals surface area contributed by atoms with Crippen LogP contribution in [0.4, 0.5) is 5.69 Å². The molecule has 0 aromatic heterocycles. The second-order valence-corrected chi connectivity index (χ2v) is 2.91. The van der Waals surface area contributed by atoms with Crippen molar-refractivity contribution < 1.29 is 78.9 Å². The van der Waals surface area contributed by atoms with E-state index in [2.05, 4.69) is 4.18 Å². The summed E-state index contributed by atoms with van der Waals surface area (Å²) in [4.78, 5) is 9.37. The van der Waals surface area contributed by atoms with Crippen molar-refractivity contribution in [2.45, 2.75) is 0 Å². The van der Waals surface area contributed by atoms with E-state index in [1.165, 1.54) is 0 Å². The molecule has 0 fully saturated rings. The van der Waals surface area contributed by atoms with Crippen LogP contribution in [0.5, 0.6) is 5.75 Å². The zero-order valence-corrected chi connectivity index (χ0v) is 11.2. The molecule has 0 bridgehead atoms. The van der Waals surface area contributed by atoms with Crippen LogP contribution in [-0.4, -0.2) is 17.9 Å². The quantitative estimate of drug-likeness (QED) is 0.195. The van der Waals surface area contributed by atoms with E-state index < -0.39 is 50.9 Å². The standard InChI is InChI=1S/C6H5NO6S.K/c8-7(9)5-1-3-6(4-2-5)13-14(10,11)12;/h1-4H,(H,10,11,12);/q;+1/p-1/i1D,2D,3D,4D;. The first-order valence-corrected chi connectivity index (χ1v) is 4.29. The van der Waals surface area contributed by atoms with Crippen molar-refractivity contribution in [1.29, 1.82) is 0 Å². The van der Waals surface area contributed by atoms with Crippen LogP contribution in [0.15, 0.2) is 24.2 Å². The van der Waals surface area contributed by atoms with Crippen molar-refractivity contribution in [3.8, 4) is 5.75 Å². The molecule has 0 saturated heterocycles. The minimum atomic E-state index is -5.32. The normalized spacial score (nSPS) is 13.9. The molecule has 0 atom stereocenters. The predicted octanol–water partition coefficient (Wildman–Crippen LogP) is -2.56. The van der Waals surface area contributed by atoms with Gasteiger partial charge >= 0.3 is 51.4 Å². The molecular weight excluding hydrogens is 253 g/mol. The smallest absolute Gasteiger partial charge is 0.716 e. The molecular formula is C6H4KNO6S. The third kappa shape index (κ3) is 5.56. The molecule has 1 aromatic rings. The van der Waals surface area contributed by atoms with Gasteiger partial charge in [0.25, 0.3) is 16.1 Å². The molecule has 0 unspecified atom stereocenters. The molecule has 0 spiro atoms. The summed E-state index contributed by atoms with van der Waals surface area (Å²) in [5.41, 5.74) is -1.14. The molecule has 1 rings (SSSR count). The minimum absolute atomic E-state index is 0. The summed E-state index contributed by atoms with van der Waals surface area (Å²) in [5, 5.41) is 10.5. The first-order chi connectivity index (χ1) is 8.06. The van der Waals surface area contributed by atoms with Gasteiger partial charge in [0, 0.05) is 12.1 Å². The molecule has 0 aliphatic carbocycles. The largest absolute Gasteiger partial charge is 1.00 e. The number of benzene rings is 1. The summed E-state index contributed by atoms with van der Waals surface area (Å²) >= 11 is 0. The Hall–Kier alpha value is -0.0336. The van der Waals surface area contributed by atoms with E-state index in [1.807, 2.05) is 0 Å². The summed E-state index contributed by atoms with van der Waals surface area (Å²) in [6.07, 6.45) is 0. The number of nitro benzene ring substituents is 1. The van der Waals surface area contributed by atoms with Crippen LogP contribution in [0.3, 0.4) is 0 Å². The Labute approximate surface area is 134 Å². The Morgan fingerprint density at radius 1 is 1.33 bits per heavy atom. The van der Waals surface area contributed by atoms with Crippen LogP contribution in [0.2, 0.25) is 0 Å². The third-order valence-electron chi connectivity index (χ3n) is 0.957. The fourth-order valence-corrected chi connectivity index (χ4v) is 0.817. The van der Waals surface area contributed by atoms with Crippen molar-refractivity contribution in [2.24, 2.45) is 0 Å². The molecule has 0 N–H and O–H groups in total. The summed E-state index contributed by atoms with van der Waals surface area (Å²) < 4.78 is 63.6. The van der Waals surface area contributed by atoms with Gasteiger partial charge in [0.05, 0.1) is 10.4 Å². The molecule has 7 nitrogen and oxygen atoms in total. The Kier molecular flexibility index (Phi) is 3.55. The van der Waals surface area contributed by atoms with E-state index in [1.54, 1.807) is 0 Å². The molecule has 1 aromatic carbocycles. The number of rotatable bonds is 3. The molecule has 9 heteroatoms. The summed E-state index contributed by atoms with van der Waals surface area (Å²) in [6.45, 7) is 0. The summed E-state index contributed by atoms with van der Waals surface area (Å²) in [7, 11) is -5.32. The van der Waals surface area contributed by atoms with Gasteiger partial charge in [-0.3, -0.25) is 10.1 Å². The Morgan fingerprint density at radius 2 is 1.80 bits per heavy atom. The van der Waals surface area contributed by atoms with E-state index in [9.17, 15) is 23.1 Å². The predicted molar refractivity (Wildman–Crippen MR) is 43.4 cm³/mol. The van der Waals surface area contributed by atoms with Gasteiger partial charge in [-0.05, 0) is 12.1 Å². The van der Waals surface area contributed by atoms with Gasteiger partial charge in [0.15, 0.2) is 0 Å². The van der Waals surface area contributed by atoms with Crippen molar-refractivity contribution >= 4 is 16.1 Å². The first-order valence-electron chi connectivity index (χ1n) is 4.96. The third-order valence-corrected chi connectivity index (χ3v) is 1.33. The average Bonchev–Trinajstić information content (AvgIpc) is 2.20. The topological polar surface area (TPSA) is 110 Å². The Balaban J connectivity index is 0.00000324. The molecule has 0 aliphatic heterocycles. The van der Waals surface area contributed by atoms with Crippen LogP contribution in [0.25, 0.3) is 0 Å². The van der Waals surface area contributed by atoms with Gasteiger partial charge in [0.1, 0.15) is 5.75 Å². The maximum absolute atomic E-state index is 10.5. The average molecular weight is 261 g/mol. The minimum Gasteiger partial charge on any atom is -0.716 e. The molecule has 0 amide bonds. The molecule has 76 valence electrons. The summed E-state index contributed by atoms with van der Waals surface area (Å²) in [6, 6.07) is -4.47. The van der Waals surface area contributed by atoms with Crippen molar-refractivity contribution in [3.63, 3.8) is 0 Å². The van der Waals surface area contributed by atoms with E-state index in [0.717, 1.165) is 0 Å². The van der Waals surface area contributed by atoms with Gasteiger partial charge in [-0.25, -0.2) is 8.42 Å². The van der Waals surface area contributed by atoms with E-state index in [4.69, 9.17) is 5.48 Å². The summed E-state index contributed by atoms with van der Waals surface area (Å²) in [5.74, 6) is -1.18. The van der Waals surface area contributed by atoms with Crippen LogP contribution >= 0.6 is 0 Å². The fourth-order valence-electron chi connectivity index (χ4n) is 0.529. The van der Waals surface area contributed by atoms with Crippen molar-refractivity contribution in [2.75, 3.05) is 0 Å². The van der Waals surface area contributed by atoms with Crippen molar-refractivity contribution in [3.05, 3.63) is 34.3 Å². The molecule has 0 heterocycles. The van der Waals surface area contributed by atoms with Gasteiger partial charge in [0.2, 0.25) is 0 Å². The fraction of sp³-hybridized carbons (Fsp3) is 0. The monoisotopic (exact) mass is 261 g/mol. The number of nitro groups is 1. The van der Waals surface area contributed by atoms with E-state index in [0.29, 0.717) is 0 Å². The van der Waals surface area contributed by atoms with Crippen LogP contribution < -0.4 is 55.6 Å². The SMILES string of the molecule is [2H]c1c([2H])c([N+](=O)[O-])c([2H])c([2H])c1OS(=O)(=O)[O-].[K+]. The maximum Gasteiger partial charge on any atom is 1.00 e. The van der Waals surface area contributed by atoms with Crippen molar-refractivity contribution in [1.82, 2.24) is 0 Å². The molecule has 15 heavy (non-hydrogen) atoms. The Bertz CT molecular complexity index is 606. The first kappa shape index (κ1) is 9.04. The van der Waals surface area contributed by atoms with Gasteiger partial charge in [-0.15, -0.1) is 0 Å². The second kappa shape index (κ2) is 5.89. The van der Waals surface area contributed by atoms with Gasteiger partial charge < -0.3 is 8.74 Å². The molecule has 0 aliphatic rings. The number of nitrogens with zero attached hydrogens (tertiary/aromatic N) is 1. The van der Waals surface area contributed by atoms with Gasteiger partial charge in [-0.1, -0.05) is 0 Å². The Morgan fingerprint density at radius 3 is 2.13 bits per heavy atom. The zero-order chi connectivity index (χ0) is 14.2. The molecule has 0 radical (unpaired) electrons. The van der Waals surface area contributed by atoms with Gasteiger partial charge in [-0.2, -0.15) is 0 Å². The number of hydrogen-bond donors (Lipinski definition) is 0. The van der Waals surface area contributed by atoms with Crippen LogP contribution in [0, 0.1) is 10.1 Å². The van der Waals surface area contributed by atoms with E-state index in [-0.39, 0.29) is 51.4 Å². The number of hydrogen-bond acceptors (Lipinski definition) is 6.